The first kappa shape index (κ1) is 10.4. The van der Waals surface area contributed by atoms with E-state index in [1.165, 1.54) is 0 Å². The topological polar surface area (TPSA) is 54.5 Å². The first-order valence-electron chi connectivity index (χ1n) is 5.10. The minimum atomic E-state index is -0.106. The zero-order valence-electron chi connectivity index (χ0n) is 8.95. The van der Waals surface area contributed by atoms with Gasteiger partial charge in [-0.3, -0.25) is 5.26 Å². The van der Waals surface area contributed by atoms with E-state index in [1.807, 2.05) is 6.92 Å². The van der Waals surface area contributed by atoms with Crippen molar-refractivity contribution in [2.45, 2.75) is 57.0 Å². The van der Waals surface area contributed by atoms with E-state index in [0.29, 0.717) is 6.10 Å². The van der Waals surface area contributed by atoms with E-state index < -0.39 is 0 Å². The highest BCUT2D eigenvalue weighted by atomic mass is 17.1. The zero-order chi connectivity index (χ0) is 10.4. The van der Waals surface area contributed by atoms with Crippen molar-refractivity contribution in [3.8, 4) is 0 Å². The monoisotopic (exact) mass is 202 g/mol. The first-order valence-corrected chi connectivity index (χ1v) is 5.10. The van der Waals surface area contributed by atoms with Crippen LogP contribution < -0.4 is 0 Å². The molecule has 0 radical (unpaired) electrons. The summed E-state index contributed by atoms with van der Waals surface area (Å²) in [6.45, 7) is 6.52. The van der Waals surface area contributed by atoms with Gasteiger partial charge in [0.1, 0.15) is 12.7 Å². The Hall–Kier alpha value is -0.160. The lowest BCUT2D eigenvalue weighted by Gasteiger charge is -2.04. The summed E-state index contributed by atoms with van der Waals surface area (Å²) in [5, 5.41) is 8.28. The molecule has 2 saturated heterocycles. The van der Waals surface area contributed by atoms with Gasteiger partial charge in [0.25, 0.3) is 0 Å². The second kappa shape index (κ2) is 3.17. The normalized spacial score (nSPS) is 43.7. The number of ether oxygens (including phenoxy) is 2. The molecular formula is C10H18O4. The van der Waals surface area contributed by atoms with Crippen molar-refractivity contribution in [2.75, 3.05) is 6.61 Å². The number of hydrogen-bond donors (Lipinski definition) is 1. The van der Waals surface area contributed by atoms with E-state index >= 15 is 0 Å². The molecule has 14 heavy (non-hydrogen) atoms. The van der Waals surface area contributed by atoms with Gasteiger partial charge in [0.15, 0.2) is 0 Å². The quantitative estimate of drug-likeness (QED) is 0.418. The Balaban J connectivity index is 1.68. The van der Waals surface area contributed by atoms with E-state index in [4.69, 9.17) is 14.7 Å². The third-order valence-corrected chi connectivity index (χ3v) is 3.33. The average molecular weight is 202 g/mol. The highest BCUT2D eigenvalue weighted by Gasteiger charge is 2.55. The lowest BCUT2D eigenvalue weighted by molar-refractivity contribution is -0.244. The van der Waals surface area contributed by atoms with Gasteiger partial charge in [-0.1, -0.05) is 0 Å². The maximum Gasteiger partial charge on any atom is 0.113 e. The maximum absolute atomic E-state index is 8.28. The molecule has 2 rings (SSSR count). The van der Waals surface area contributed by atoms with Crippen molar-refractivity contribution in [3.63, 3.8) is 0 Å². The molecule has 0 aromatic carbocycles. The summed E-state index contributed by atoms with van der Waals surface area (Å²) in [7, 11) is 0. The van der Waals surface area contributed by atoms with E-state index in [0.717, 1.165) is 12.8 Å². The third kappa shape index (κ3) is 1.93. The molecular weight excluding hydrogens is 184 g/mol. The molecule has 0 aliphatic carbocycles. The summed E-state index contributed by atoms with van der Waals surface area (Å²) in [5.74, 6) is 0. The van der Waals surface area contributed by atoms with Crippen LogP contribution in [0.1, 0.15) is 33.6 Å². The van der Waals surface area contributed by atoms with Crippen LogP contribution in [0, 0.1) is 0 Å². The Bertz CT molecular complexity index is 228. The standard InChI is InChI=1S/C10H18O4/c1-9(2)7(13-9)4-5-10(3)8(14-10)6-12-11/h7-8,11H,4-6H2,1-3H3. The smallest absolute Gasteiger partial charge is 0.113 e. The Morgan fingerprint density at radius 2 is 1.86 bits per heavy atom. The molecule has 1 N–H and O–H groups in total. The zero-order valence-corrected chi connectivity index (χ0v) is 8.95. The second-order valence-corrected chi connectivity index (χ2v) is 4.96. The summed E-state index contributed by atoms with van der Waals surface area (Å²) in [6.07, 6.45) is 2.41. The van der Waals surface area contributed by atoms with Gasteiger partial charge in [0.2, 0.25) is 0 Å². The van der Waals surface area contributed by atoms with E-state index in [9.17, 15) is 0 Å². The molecule has 4 heteroatoms. The minimum Gasteiger partial charge on any atom is -0.367 e. The maximum atomic E-state index is 8.28. The van der Waals surface area contributed by atoms with Gasteiger partial charge in [-0.15, -0.1) is 0 Å². The molecule has 0 aromatic rings. The van der Waals surface area contributed by atoms with Crippen molar-refractivity contribution in [2.24, 2.45) is 0 Å². The minimum absolute atomic E-state index is 0.0503. The molecule has 3 unspecified atom stereocenters. The van der Waals surface area contributed by atoms with Crippen molar-refractivity contribution in [1.82, 2.24) is 0 Å². The molecule has 82 valence electrons. The van der Waals surface area contributed by atoms with E-state index in [-0.39, 0.29) is 23.9 Å². The molecule has 0 spiro atoms. The van der Waals surface area contributed by atoms with Crippen LogP contribution in [0.4, 0.5) is 0 Å². The van der Waals surface area contributed by atoms with Crippen LogP contribution >= 0.6 is 0 Å². The Morgan fingerprint density at radius 3 is 2.36 bits per heavy atom. The van der Waals surface area contributed by atoms with Gasteiger partial charge >= 0.3 is 0 Å². The van der Waals surface area contributed by atoms with E-state index in [2.05, 4.69) is 18.7 Å². The molecule has 0 saturated carbocycles. The Morgan fingerprint density at radius 1 is 1.21 bits per heavy atom. The highest BCUT2D eigenvalue weighted by Crippen LogP contribution is 2.45. The van der Waals surface area contributed by atoms with Gasteiger partial charge < -0.3 is 9.47 Å². The third-order valence-electron chi connectivity index (χ3n) is 3.33. The summed E-state index contributed by atoms with van der Waals surface area (Å²) < 4.78 is 10.9. The second-order valence-electron chi connectivity index (χ2n) is 4.96. The van der Waals surface area contributed by atoms with Crippen molar-refractivity contribution in [1.29, 1.82) is 0 Å². The van der Waals surface area contributed by atoms with Crippen LogP contribution in [0.25, 0.3) is 0 Å². The summed E-state index contributed by atoms with van der Waals surface area (Å²) in [6, 6.07) is 0. The van der Waals surface area contributed by atoms with Crippen LogP contribution in [0.15, 0.2) is 0 Å². The Kier molecular flexibility index (Phi) is 2.34. The van der Waals surface area contributed by atoms with Crippen LogP contribution in [0.2, 0.25) is 0 Å². The van der Waals surface area contributed by atoms with Gasteiger partial charge in [-0.05, 0) is 33.6 Å². The molecule has 2 heterocycles. The van der Waals surface area contributed by atoms with Crippen molar-refractivity contribution in [3.05, 3.63) is 0 Å². The lowest BCUT2D eigenvalue weighted by Crippen LogP contribution is -2.15. The highest BCUT2D eigenvalue weighted by molar-refractivity contribution is 5.02. The summed E-state index contributed by atoms with van der Waals surface area (Å²) in [5.41, 5.74) is -0.0427. The van der Waals surface area contributed by atoms with Gasteiger partial charge in [-0.2, -0.15) is 0 Å². The summed E-state index contributed by atoms with van der Waals surface area (Å²) >= 11 is 0. The molecule has 3 atom stereocenters. The number of epoxide rings is 2. The number of hydrogen-bond acceptors (Lipinski definition) is 4. The SMILES string of the molecule is CC1(C)OC1CCC1(C)OC1COO. The number of rotatable bonds is 5. The molecule has 0 aromatic heterocycles. The van der Waals surface area contributed by atoms with E-state index in [1.54, 1.807) is 0 Å². The van der Waals surface area contributed by atoms with Crippen LogP contribution in [-0.2, 0) is 14.4 Å². The predicted molar refractivity (Wildman–Crippen MR) is 50.0 cm³/mol. The largest absolute Gasteiger partial charge is 0.367 e. The fourth-order valence-electron chi connectivity index (χ4n) is 1.95. The van der Waals surface area contributed by atoms with Crippen LogP contribution in [0.5, 0.6) is 0 Å². The fourth-order valence-corrected chi connectivity index (χ4v) is 1.95. The molecule has 2 aliphatic rings. The molecule has 2 aliphatic heterocycles. The van der Waals surface area contributed by atoms with Crippen molar-refractivity contribution >= 4 is 0 Å². The van der Waals surface area contributed by atoms with Crippen molar-refractivity contribution < 1.29 is 19.6 Å². The lowest BCUT2D eigenvalue weighted by atomic mass is 9.97. The fraction of sp³-hybridized carbons (Fsp3) is 1.00. The first-order chi connectivity index (χ1) is 6.48. The molecule has 0 amide bonds. The molecule has 2 fully saturated rings. The summed E-state index contributed by atoms with van der Waals surface area (Å²) in [4.78, 5) is 4.07. The van der Waals surface area contributed by atoms with Gasteiger partial charge in [0.05, 0.1) is 17.3 Å². The van der Waals surface area contributed by atoms with Gasteiger partial charge in [-0.25, -0.2) is 4.89 Å². The average Bonchev–Trinajstić information content (AvgIpc) is 2.89. The van der Waals surface area contributed by atoms with Crippen LogP contribution in [0.3, 0.4) is 0 Å². The molecule has 4 nitrogen and oxygen atoms in total. The Labute approximate surface area is 84.1 Å². The molecule has 0 bridgehead atoms. The van der Waals surface area contributed by atoms with Gasteiger partial charge in [0, 0.05) is 0 Å². The predicted octanol–water partition coefficient (Wildman–Crippen LogP) is 1.59. The van der Waals surface area contributed by atoms with Crippen LogP contribution in [-0.4, -0.2) is 35.3 Å².